The summed E-state index contributed by atoms with van der Waals surface area (Å²) in [4.78, 5) is 11.2. The molecule has 0 spiro atoms. The highest BCUT2D eigenvalue weighted by atomic mass is 32.2. The maximum atomic E-state index is 12.1. The summed E-state index contributed by atoms with van der Waals surface area (Å²) in [6.07, 6.45) is 0. The molecule has 0 bridgehead atoms. The van der Waals surface area contributed by atoms with Gasteiger partial charge in [0.1, 0.15) is 10.9 Å². The second kappa shape index (κ2) is 5.58. The summed E-state index contributed by atoms with van der Waals surface area (Å²) < 4.78 is 31.0. The summed E-state index contributed by atoms with van der Waals surface area (Å²) in [7, 11) is -2.67. The lowest BCUT2D eigenvalue weighted by Crippen LogP contribution is -2.39. The van der Waals surface area contributed by atoms with Gasteiger partial charge in [0, 0.05) is 0 Å². The van der Waals surface area contributed by atoms with Crippen LogP contribution < -0.4 is 10.5 Å². The summed E-state index contributed by atoms with van der Waals surface area (Å²) in [6, 6.07) is 2.10. The predicted molar refractivity (Wildman–Crippen MR) is 72.1 cm³/mol. The number of hydrogen-bond acceptors (Lipinski definition) is 5. The maximum absolute atomic E-state index is 12.1. The third kappa shape index (κ3) is 3.45. The Morgan fingerprint density at radius 1 is 1.32 bits per heavy atom. The van der Waals surface area contributed by atoms with E-state index in [2.05, 4.69) is 9.46 Å². The molecule has 0 fully saturated rings. The van der Waals surface area contributed by atoms with Gasteiger partial charge in [-0.3, -0.25) is 4.79 Å². The molecule has 19 heavy (non-hydrogen) atoms. The van der Waals surface area contributed by atoms with E-state index in [1.54, 1.807) is 13.0 Å². The number of aryl methyl sites for hydroxylation is 2. The predicted octanol–water partition coefficient (Wildman–Crippen LogP) is 0.725. The highest BCUT2D eigenvalue weighted by Gasteiger charge is 2.24. The zero-order valence-electron chi connectivity index (χ0n) is 11.4. The van der Waals surface area contributed by atoms with Crippen molar-refractivity contribution in [2.75, 3.05) is 12.8 Å². The van der Waals surface area contributed by atoms with E-state index < -0.39 is 22.0 Å². The van der Waals surface area contributed by atoms with Crippen molar-refractivity contribution < 1.29 is 17.9 Å². The first kappa shape index (κ1) is 15.5. The number of anilines is 1. The van der Waals surface area contributed by atoms with Gasteiger partial charge in [-0.15, -0.1) is 0 Å². The Bertz CT molecular complexity index is 596. The number of sulfonamides is 1. The zero-order valence-corrected chi connectivity index (χ0v) is 12.2. The number of nitrogens with one attached hydrogen (secondary N) is 1. The number of hydrogen-bond donors (Lipinski definition) is 2. The van der Waals surface area contributed by atoms with Gasteiger partial charge in [0.05, 0.1) is 12.8 Å². The molecule has 6 nitrogen and oxygen atoms in total. The number of benzene rings is 1. The summed E-state index contributed by atoms with van der Waals surface area (Å²) in [5.41, 5.74) is 7.58. The lowest BCUT2D eigenvalue weighted by atomic mass is 10.1. The first-order valence-electron chi connectivity index (χ1n) is 5.66. The van der Waals surface area contributed by atoms with E-state index in [1.165, 1.54) is 20.1 Å². The number of methoxy groups -OCH3 is 1. The van der Waals surface area contributed by atoms with Gasteiger partial charge in [-0.25, -0.2) is 8.42 Å². The van der Waals surface area contributed by atoms with Gasteiger partial charge in [-0.05, 0) is 44.0 Å². The Labute approximate surface area is 113 Å². The number of ether oxygens (including phenoxy) is 1. The SMILES string of the molecule is COC(=O)C(C)NS(=O)(=O)c1cc(C)c(C)cc1N. The Balaban J connectivity index is 3.14. The molecule has 0 radical (unpaired) electrons. The second-order valence-electron chi connectivity index (χ2n) is 4.34. The van der Waals surface area contributed by atoms with Crippen molar-refractivity contribution in [1.29, 1.82) is 0 Å². The number of nitrogen functional groups attached to an aromatic ring is 1. The molecule has 1 aromatic carbocycles. The molecule has 1 unspecified atom stereocenters. The largest absolute Gasteiger partial charge is 0.468 e. The van der Waals surface area contributed by atoms with E-state index in [1.807, 2.05) is 6.92 Å². The number of esters is 1. The van der Waals surface area contributed by atoms with Gasteiger partial charge in [-0.1, -0.05) is 0 Å². The van der Waals surface area contributed by atoms with Gasteiger partial charge in [0.2, 0.25) is 10.0 Å². The van der Waals surface area contributed by atoms with Crippen LogP contribution in [0.3, 0.4) is 0 Å². The van der Waals surface area contributed by atoms with E-state index in [4.69, 9.17) is 5.73 Å². The normalized spacial score (nSPS) is 13.1. The molecule has 1 rings (SSSR count). The molecule has 3 N–H and O–H groups in total. The fraction of sp³-hybridized carbons (Fsp3) is 0.417. The molecular weight excluding hydrogens is 268 g/mol. The minimum absolute atomic E-state index is 0.0358. The van der Waals surface area contributed by atoms with Gasteiger partial charge in [0.15, 0.2) is 0 Å². The van der Waals surface area contributed by atoms with Crippen molar-refractivity contribution in [1.82, 2.24) is 4.72 Å². The second-order valence-corrected chi connectivity index (χ2v) is 6.02. The van der Waals surface area contributed by atoms with Crippen LogP contribution in [0.1, 0.15) is 18.1 Å². The fourth-order valence-corrected chi connectivity index (χ4v) is 2.96. The van der Waals surface area contributed by atoms with Crippen LogP contribution in [0.2, 0.25) is 0 Å². The fourth-order valence-electron chi connectivity index (χ4n) is 1.57. The van der Waals surface area contributed by atoms with Crippen LogP contribution in [0.25, 0.3) is 0 Å². The number of carbonyl (C=O) groups excluding carboxylic acids is 1. The van der Waals surface area contributed by atoms with Gasteiger partial charge < -0.3 is 10.5 Å². The molecule has 1 atom stereocenters. The third-order valence-electron chi connectivity index (χ3n) is 2.80. The van der Waals surface area contributed by atoms with Crippen molar-refractivity contribution >= 4 is 21.7 Å². The lowest BCUT2D eigenvalue weighted by molar-refractivity contribution is -0.142. The molecule has 1 aromatic rings. The number of carbonyl (C=O) groups is 1. The molecule has 0 saturated heterocycles. The van der Waals surface area contributed by atoms with Crippen molar-refractivity contribution in [2.24, 2.45) is 0 Å². The molecule has 0 aromatic heterocycles. The Morgan fingerprint density at radius 2 is 1.84 bits per heavy atom. The Kier molecular flexibility index (Phi) is 4.54. The van der Waals surface area contributed by atoms with Crippen LogP contribution in [0.4, 0.5) is 5.69 Å². The lowest BCUT2D eigenvalue weighted by Gasteiger charge is -2.14. The van der Waals surface area contributed by atoms with E-state index in [-0.39, 0.29) is 10.6 Å². The number of rotatable bonds is 4. The summed E-state index contributed by atoms with van der Waals surface area (Å²) in [5, 5.41) is 0. The highest BCUT2D eigenvalue weighted by molar-refractivity contribution is 7.89. The van der Waals surface area contributed by atoms with E-state index >= 15 is 0 Å². The Hall–Kier alpha value is -1.60. The van der Waals surface area contributed by atoms with Crippen LogP contribution >= 0.6 is 0 Å². The van der Waals surface area contributed by atoms with Crippen molar-refractivity contribution in [3.05, 3.63) is 23.3 Å². The van der Waals surface area contributed by atoms with Crippen LogP contribution in [0.15, 0.2) is 17.0 Å². The maximum Gasteiger partial charge on any atom is 0.323 e. The summed E-state index contributed by atoms with van der Waals surface area (Å²) >= 11 is 0. The van der Waals surface area contributed by atoms with Crippen LogP contribution in [0.5, 0.6) is 0 Å². The molecular formula is C12H18N2O4S. The highest BCUT2D eigenvalue weighted by Crippen LogP contribution is 2.22. The third-order valence-corrected chi connectivity index (χ3v) is 4.40. The van der Waals surface area contributed by atoms with Gasteiger partial charge in [-0.2, -0.15) is 4.72 Å². The van der Waals surface area contributed by atoms with Crippen LogP contribution in [0, 0.1) is 13.8 Å². The van der Waals surface area contributed by atoms with E-state index in [0.717, 1.165) is 11.1 Å². The van der Waals surface area contributed by atoms with Gasteiger partial charge >= 0.3 is 5.97 Å². The molecule has 0 amide bonds. The van der Waals surface area contributed by atoms with Crippen molar-refractivity contribution in [2.45, 2.75) is 31.7 Å². The summed E-state index contributed by atoms with van der Waals surface area (Å²) in [6.45, 7) is 5.03. The molecule has 0 heterocycles. The Morgan fingerprint density at radius 3 is 2.37 bits per heavy atom. The van der Waals surface area contributed by atoms with Crippen molar-refractivity contribution in [3.8, 4) is 0 Å². The molecule has 7 heteroatoms. The minimum atomic E-state index is -3.86. The molecule has 0 aliphatic heterocycles. The molecule has 0 aliphatic rings. The topological polar surface area (TPSA) is 98.5 Å². The van der Waals surface area contributed by atoms with Crippen LogP contribution in [-0.2, 0) is 19.6 Å². The van der Waals surface area contributed by atoms with Gasteiger partial charge in [0.25, 0.3) is 0 Å². The van der Waals surface area contributed by atoms with E-state index in [0.29, 0.717) is 0 Å². The standard InChI is InChI=1S/C12H18N2O4S/c1-7-5-10(13)11(6-8(7)2)19(16,17)14-9(3)12(15)18-4/h5-6,9,14H,13H2,1-4H3. The molecule has 106 valence electrons. The average molecular weight is 286 g/mol. The van der Waals surface area contributed by atoms with Crippen LogP contribution in [-0.4, -0.2) is 27.5 Å². The molecule has 0 saturated carbocycles. The minimum Gasteiger partial charge on any atom is -0.468 e. The first-order chi connectivity index (χ1) is 8.69. The number of nitrogens with two attached hydrogens (primary N) is 1. The smallest absolute Gasteiger partial charge is 0.323 e. The zero-order chi connectivity index (χ0) is 14.8. The monoisotopic (exact) mass is 286 g/mol. The first-order valence-corrected chi connectivity index (χ1v) is 7.14. The van der Waals surface area contributed by atoms with Crippen molar-refractivity contribution in [3.63, 3.8) is 0 Å². The average Bonchev–Trinajstić information content (AvgIpc) is 2.31. The summed E-state index contributed by atoms with van der Waals surface area (Å²) in [5.74, 6) is -0.661. The quantitative estimate of drug-likeness (QED) is 0.628. The van der Waals surface area contributed by atoms with E-state index in [9.17, 15) is 13.2 Å². The molecule has 0 aliphatic carbocycles.